The molecule has 0 spiro atoms. The van der Waals surface area contributed by atoms with Crippen LogP contribution in [0.3, 0.4) is 0 Å². The summed E-state index contributed by atoms with van der Waals surface area (Å²) in [7, 11) is 0. The lowest BCUT2D eigenvalue weighted by atomic mass is 10.2. The summed E-state index contributed by atoms with van der Waals surface area (Å²) in [5, 5.41) is 0. The van der Waals surface area contributed by atoms with Crippen LogP contribution in [-0.2, 0) is 0 Å². The summed E-state index contributed by atoms with van der Waals surface area (Å²) < 4.78 is 1.97. The van der Waals surface area contributed by atoms with E-state index in [0.29, 0.717) is 0 Å². The van der Waals surface area contributed by atoms with E-state index >= 15 is 0 Å². The van der Waals surface area contributed by atoms with E-state index in [1.165, 1.54) is 0 Å². The maximum Gasteiger partial charge on any atom is 0.146 e. The van der Waals surface area contributed by atoms with Crippen LogP contribution in [0.15, 0.2) is 48.8 Å². The second kappa shape index (κ2) is 3.52. The Morgan fingerprint density at radius 1 is 1.06 bits per heavy atom. The molecule has 0 atom stereocenters. The molecule has 0 fully saturated rings. The van der Waals surface area contributed by atoms with Gasteiger partial charge in [0, 0.05) is 23.1 Å². The zero-order valence-electron chi connectivity index (χ0n) is 9.17. The number of nitrogens with zero attached hydrogens (tertiary/aromatic N) is 2. The third-order valence-electron chi connectivity index (χ3n) is 2.76. The van der Waals surface area contributed by atoms with E-state index < -0.39 is 0 Å². The normalized spacial score (nSPS) is 10.8. The number of pyridine rings is 1. The summed E-state index contributed by atoms with van der Waals surface area (Å²) in [6, 6.07) is 11.4. The number of rotatable bonds is 1. The molecule has 0 radical (unpaired) electrons. The van der Waals surface area contributed by atoms with Crippen LogP contribution in [-0.4, -0.2) is 9.38 Å². The summed E-state index contributed by atoms with van der Waals surface area (Å²) in [5.41, 5.74) is 15.0. The molecule has 0 saturated carbocycles. The average Bonchev–Trinajstić information content (AvgIpc) is 2.72. The molecule has 84 valence electrons. The highest BCUT2D eigenvalue weighted by Gasteiger charge is 2.08. The van der Waals surface area contributed by atoms with E-state index in [1.807, 2.05) is 47.0 Å². The van der Waals surface area contributed by atoms with Crippen LogP contribution in [0.4, 0.5) is 11.4 Å². The van der Waals surface area contributed by atoms with E-state index in [2.05, 4.69) is 4.98 Å². The Balaban J connectivity index is 2.29. The van der Waals surface area contributed by atoms with Crippen molar-refractivity contribution in [2.45, 2.75) is 0 Å². The molecule has 3 rings (SSSR count). The van der Waals surface area contributed by atoms with Crippen molar-refractivity contribution < 1.29 is 0 Å². The van der Waals surface area contributed by atoms with Gasteiger partial charge in [0.05, 0.1) is 11.7 Å². The van der Waals surface area contributed by atoms with Crippen LogP contribution >= 0.6 is 0 Å². The van der Waals surface area contributed by atoms with Crippen molar-refractivity contribution in [1.29, 1.82) is 0 Å². The smallest absolute Gasteiger partial charge is 0.146 e. The van der Waals surface area contributed by atoms with Gasteiger partial charge in [-0.1, -0.05) is 12.1 Å². The molecular weight excluding hydrogens is 212 g/mol. The van der Waals surface area contributed by atoms with Gasteiger partial charge < -0.3 is 11.5 Å². The predicted molar refractivity (Wildman–Crippen MR) is 69.5 cm³/mol. The van der Waals surface area contributed by atoms with Crippen molar-refractivity contribution >= 4 is 16.9 Å². The van der Waals surface area contributed by atoms with Crippen LogP contribution < -0.4 is 11.5 Å². The summed E-state index contributed by atoms with van der Waals surface area (Å²) >= 11 is 0. The van der Waals surface area contributed by atoms with Gasteiger partial charge in [-0.3, -0.25) is 4.40 Å². The lowest BCUT2D eigenvalue weighted by Gasteiger charge is -2.04. The van der Waals surface area contributed by atoms with Crippen LogP contribution in [0.2, 0.25) is 0 Å². The monoisotopic (exact) mass is 224 g/mol. The molecule has 0 saturated heterocycles. The SMILES string of the molecule is Nc1ccn2c(-c3ccccc3N)ncc2c1. The topological polar surface area (TPSA) is 69.3 Å². The van der Waals surface area contributed by atoms with Crippen molar-refractivity contribution in [3.63, 3.8) is 0 Å². The Hall–Kier alpha value is -2.49. The first-order valence-corrected chi connectivity index (χ1v) is 5.33. The third kappa shape index (κ3) is 1.50. The number of imidazole rings is 1. The largest absolute Gasteiger partial charge is 0.399 e. The molecule has 0 amide bonds. The first-order valence-electron chi connectivity index (χ1n) is 5.33. The molecule has 0 aliphatic carbocycles. The highest BCUT2D eigenvalue weighted by molar-refractivity contribution is 5.74. The van der Waals surface area contributed by atoms with E-state index in [1.54, 1.807) is 6.20 Å². The lowest BCUT2D eigenvalue weighted by Crippen LogP contribution is -1.95. The molecule has 3 aromatic rings. The number of hydrogen-bond acceptors (Lipinski definition) is 3. The van der Waals surface area contributed by atoms with Gasteiger partial charge >= 0.3 is 0 Å². The van der Waals surface area contributed by atoms with Crippen molar-refractivity contribution in [2.24, 2.45) is 0 Å². The number of fused-ring (bicyclic) bond motifs is 1. The number of nitrogens with two attached hydrogens (primary N) is 2. The van der Waals surface area contributed by atoms with Gasteiger partial charge in [-0.05, 0) is 24.3 Å². The van der Waals surface area contributed by atoms with Gasteiger partial charge in [0.25, 0.3) is 0 Å². The molecule has 17 heavy (non-hydrogen) atoms. The second-order valence-corrected chi connectivity index (χ2v) is 3.92. The van der Waals surface area contributed by atoms with Crippen molar-refractivity contribution in [3.05, 3.63) is 48.8 Å². The maximum atomic E-state index is 5.95. The summed E-state index contributed by atoms with van der Waals surface area (Å²) in [6.45, 7) is 0. The number of hydrogen-bond donors (Lipinski definition) is 2. The fourth-order valence-electron chi connectivity index (χ4n) is 1.92. The lowest BCUT2D eigenvalue weighted by molar-refractivity contribution is 1.16. The predicted octanol–water partition coefficient (Wildman–Crippen LogP) is 2.17. The van der Waals surface area contributed by atoms with Crippen LogP contribution in [0.1, 0.15) is 0 Å². The Morgan fingerprint density at radius 3 is 2.71 bits per heavy atom. The summed E-state index contributed by atoms with van der Waals surface area (Å²) in [5.74, 6) is 0.832. The zero-order chi connectivity index (χ0) is 11.8. The highest BCUT2D eigenvalue weighted by Crippen LogP contribution is 2.25. The van der Waals surface area contributed by atoms with Crippen LogP contribution in [0, 0.1) is 0 Å². The van der Waals surface area contributed by atoms with Crippen molar-refractivity contribution in [2.75, 3.05) is 11.5 Å². The molecule has 4 heteroatoms. The Morgan fingerprint density at radius 2 is 1.88 bits per heavy atom. The Labute approximate surface area is 98.5 Å². The molecule has 2 aromatic heterocycles. The van der Waals surface area contributed by atoms with E-state index in [9.17, 15) is 0 Å². The maximum absolute atomic E-state index is 5.95. The molecule has 4 N–H and O–H groups in total. The van der Waals surface area contributed by atoms with Crippen LogP contribution in [0.25, 0.3) is 16.9 Å². The van der Waals surface area contributed by atoms with Crippen molar-refractivity contribution in [3.8, 4) is 11.4 Å². The summed E-state index contributed by atoms with van der Waals surface area (Å²) in [6.07, 6.45) is 3.69. The molecule has 0 aliphatic heterocycles. The number of benzene rings is 1. The summed E-state index contributed by atoms with van der Waals surface area (Å²) in [4.78, 5) is 4.39. The Kier molecular flexibility index (Phi) is 2.01. The number of nitrogen functional groups attached to an aromatic ring is 2. The molecule has 0 aliphatic rings. The molecular formula is C13H12N4. The number of para-hydroxylation sites is 1. The van der Waals surface area contributed by atoms with Gasteiger partial charge in [-0.2, -0.15) is 0 Å². The van der Waals surface area contributed by atoms with Gasteiger partial charge in [-0.15, -0.1) is 0 Å². The van der Waals surface area contributed by atoms with Gasteiger partial charge in [-0.25, -0.2) is 4.98 Å². The number of aromatic nitrogens is 2. The Bertz CT molecular complexity index is 685. The molecule has 1 aromatic carbocycles. The van der Waals surface area contributed by atoms with Crippen LogP contribution in [0.5, 0.6) is 0 Å². The molecule has 0 unspecified atom stereocenters. The minimum Gasteiger partial charge on any atom is -0.399 e. The van der Waals surface area contributed by atoms with E-state index in [4.69, 9.17) is 11.5 Å². The van der Waals surface area contributed by atoms with Gasteiger partial charge in [0.2, 0.25) is 0 Å². The fraction of sp³-hybridized carbons (Fsp3) is 0. The minimum absolute atomic E-state index is 0.719. The van der Waals surface area contributed by atoms with Crippen molar-refractivity contribution in [1.82, 2.24) is 9.38 Å². The fourth-order valence-corrected chi connectivity index (χ4v) is 1.92. The minimum atomic E-state index is 0.719. The standard InChI is InChI=1S/C13H12N4/c14-9-5-6-17-10(7-9)8-16-13(17)11-3-1-2-4-12(11)15/h1-8H,14-15H2. The quantitative estimate of drug-likeness (QED) is 0.622. The number of anilines is 2. The molecule has 4 nitrogen and oxygen atoms in total. The zero-order valence-corrected chi connectivity index (χ0v) is 9.17. The first-order chi connectivity index (χ1) is 8.25. The third-order valence-corrected chi connectivity index (χ3v) is 2.76. The second-order valence-electron chi connectivity index (χ2n) is 3.92. The van der Waals surface area contributed by atoms with E-state index in [-0.39, 0.29) is 0 Å². The molecule has 0 bridgehead atoms. The first kappa shape index (κ1) is 9.72. The van der Waals surface area contributed by atoms with Gasteiger partial charge in [0.15, 0.2) is 0 Å². The molecule has 2 heterocycles. The average molecular weight is 224 g/mol. The van der Waals surface area contributed by atoms with E-state index in [0.717, 1.165) is 28.3 Å². The highest BCUT2D eigenvalue weighted by atomic mass is 15.0. The van der Waals surface area contributed by atoms with Gasteiger partial charge in [0.1, 0.15) is 5.82 Å².